The lowest BCUT2D eigenvalue weighted by molar-refractivity contribution is -0.141. The number of nitrogens with one attached hydrogen (secondary N) is 1. The highest BCUT2D eigenvalue weighted by Crippen LogP contribution is 2.26. The second-order valence-corrected chi connectivity index (χ2v) is 5.63. The molecule has 0 spiro atoms. The van der Waals surface area contributed by atoms with Crippen LogP contribution in [0, 0.1) is 5.82 Å². The van der Waals surface area contributed by atoms with Crippen LogP contribution in [0.3, 0.4) is 0 Å². The second kappa shape index (κ2) is 6.50. The van der Waals surface area contributed by atoms with Gasteiger partial charge in [0.25, 0.3) is 11.5 Å². The van der Waals surface area contributed by atoms with Gasteiger partial charge in [-0.25, -0.2) is 18.7 Å². The maximum absolute atomic E-state index is 14.3. The number of aromatic amines is 1. The third kappa shape index (κ3) is 3.40. The number of H-pyrrole nitrogens is 1. The summed E-state index contributed by atoms with van der Waals surface area (Å²) in [4.78, 5) is 41.5. The zero-order chi connectivity index (χ0) is 19.9. The van der Waals surface area contributed by atoms with Gasteiger partial charge in [0, 0.05) is 18.5 Å². The van der Waals surface area contributed by atoms with Crippen LogP contribution in [0.15, 0.2) is 46.5 Å². The Morgan fingerprint density at radius 3 is 2.44 bits per heavy atom. The van der Waals surface area contributed by atoms with E-state index in [1.807, 2.05) is 0 Å². The van der Waals surface area contributed by atoms with Gasteiger partial charge < -0.3 is 4.98 Å². The first-order chi connectivity index (χ1) is 12.6. The van der Waals surface area contributed by atoms with Crippen molar-refractivity contribution in [2.75, 3.05) is 0 Å². The molecule has 0 fully saturated rings. The van der Waals surface area contributed by atoms with Crippen molar-refractivity contribution in [1.82, 2.24) is 19.1 Å². The van der Waals surface area contributed by atoms with Crippen LogP contribution < -0.4 is 11.2 Å². The van der Waals surface area contributed by atoms with Crippen LogP contribution in [-0.2, 0) is 6.18 Å². The first-order valence-corrected chi connectivity index (χ1v) is 7.43. The molecule has 0 bridgehead atoms. The monoisotopic (exact) mass is 402 g/mol. The van der Waals surface area contributed by atoms with Crippen molar-refractivity contribution in [2.24, 2.45) is 0 Å². The molecular weight excluding hydrogens is 396 g/mol. The molecular formula is C15H7ClF4N4O3. The summed E-state index contributed by atoms with van der Waals surface area (Å²) < 4.78 is 53.4. The lowest BCUT2D eigenvalue weighted by Gasteiger charge is -2.12. The number of nitrogens with zero attached hydrogens (tertiary/aromatic N) is 3. The molecule has 0 saturated carbocycles. The smallest absolute Gasteiger partial charge is 0.303 e. The lowest BCUT2D eigenvalue weighted by atomic mass is 10.1. The Kier molecular flexibility index (Phi) is 4.47. The fourth-order valence-electron chi connectivity index (χ4n) is 2.27. The molecule has 0 aliphatic heterocycles. The van der Waals surface area contributed by atoms with E-state index in [0.29, 0.717) is 6.07 Å². The van der Waals surface area contributed by atoms with Crippen molar-refractivity contribution >= 4 is 17.5 Å². The van der Waals surface area contributed by atoms with Gasteiger partial charge >= 0.3 is 11.9 Å². The Hall–Kier alpha value is -3.21. The van der Waals surface area contributed by atoms with Crippen LogP contribution in [0.25, 0.3) is 5.69 Å². The quantitative estimate of drug-likeness (QED) is 0.666. The van der Waals surface area contributed by atoms with Crippen molar-refractivity contribution < 1.29 is 22.4 Å². The number of hydrogen-bond donors (Lipinski definition) is 1. The number of hydrogen-bond acceptors (Lipinski definition) is 4. The number of imidazole rings is 1. The summed E-state index contributed by atoms with van der Waals surface area (Å²) in [6.45, 7) is 0. The van der Waals surface area contributed by atoms with E-state index in [4.69, 9.17) is 11.6 Å². The minimum absolute atomic E-state index is 0.104. The molecule has 27 heavy (non-hydrogen) atoms. The van der Waals surface area contributed by atoms with Gasteiger partial charge in [0.15, 0.2) is 0 Å². The van der Waals surface area contributed by atoms with E-state index < -0.39 is 40.5 Å². The highest BCUT2D eigenvalue weighted by molar-refractivity contribution is 6.34. The van der Waals surface area contributed by atoms with Crippen LogP contribution in [0.1, 0.15) is 16.1 Å². The number of halogens is 5. The number of alkyl halides is 3. The second-order valence-electron chi connectivity index (χ2n) is 5.22. The summed E-state index contributed by atoms with van der Waals surface area (Å²) >= 11 is 5.85. The minimum Gasteiger partial charge on any atom is -0.303 e. The molecule has 2 heterocycles. The van der Waals surface area contributed by atoms with E-state index in [2.05, 4.69) is 4.98 Å². The molecule has 0 radical (unpaired) electrons. The maximum atomic E-state index is 14.3. The van der Waals surface area contributed by atoms with E-state index in [9.17, 15) is 31.9 Å². The van der Waals surface area contributed by atoms with Gasteiger partial charge in [-0.15, -0.1) is 0 Å². The zero-order valence-corrected chi connectivity index (χ0v) is 13.7. The third-order valence-corrected chi connectivity index (χ3v) is 3.80. The largest absolute Gasteiger partial charge is 0.431 e. The SMILES string of the molecule is O=C(c1cc(-n2c(=O)cc(C(F)(F)F)[nH]c2=O)c(F)cc1Cl)n1ccnc1. The average Bonchev–Trinajstić information content (AvgIpc) is 3.09. The standard InChI is InChI=1S/C15H7ClF4N4O3/c16-8-4-9(17)10(3-7(8)13(26)23-2-1-21-6-23)24-12(25)5-11(15(18,19)20)22-14(24)27/h1-6H,(H,22,27). The van der Waals surface area contributed by atoms with Gasteiger partial charge in [0.05, 0.1) is 16.3 Å². The molecule has 0 aliphatic rings. The highest BCUT2D eigenvalue weighted by atomic mass is 35.5. The Balaban J connectivity index is 2.22. The van der Waals surface area contributed by atoms with Crippen molar-refractivity contribution in [3.63, 3.8) is 0 Å². The normalized spacial score (nSPS) is 11.6. The molecule has 140 valence electrons. The van der Waals surface area contributed by atoms with Gasteiger partial charge in [-0.1, -0.05) is 11.6 Å². The Morgan fingerprint density at radius 1 is 1.19 bits per heavy atom. The molecule has 3 rings (SSSR count). The molecule has 0 saturated heterocycles. The summed E-state index contributed by atoms with van der Waals surface area (Å²) in [6.07, 6.45) is -1.27. The van der Waals surface area contributed by atoms with Crippen molar-refractivity contribution in [2.45, 2.75) is 6.18 Å². The van der Waals surface area contributed by atoms with E-state index in [-0.39, 0.29) is 21.2 Å². The third-order valence-electron chi connectivity index (χ3n) is 3.49. The van der Waals surface area contributed by atoms with Gasteiger partial charge in [-0.2, -0.15) is 13.2 Å². The number of aromatic nitrogens is 4. The molecule has 12 heteroatoms. The van der Waals surface area contributed by atoms with Gasteiger partial charge in [-0.3, -0.25) is 14.2 Å². The summed E-state index contributed by atoms with van der Waals surface area (Å²) in [5.74, 6) is -1.94. The van der Waals surface area contributed by atoms with Crippen molar-refractivity contribution in [1.29, 1.82) is 0 Å². The van der Waals surface area contributed by atoms with Crippen molar-refractivity contribution in [3.8, 4) is 5.69 Å². The van der Waals surface area contributed by atoms with Crippen LogP contribution in [-0.4, -0.2) is 25.0 Å². The molecule has 0 aliphatic carbocycles. The van der Waals surface area contributed by atoms with Crippen LogP contribution in [0.5, 0.6) is 0 Å². The Morgan fingerprint density at radius 2 is 1.89 bits per heavy atom. The summed E-state index contributed by atoms with van der Waals surface area (Å²) in [7, 11) is 0. The number of carbonyl (C=O) groups excluding carboxylic acids is 1. The van der Waals surface area contributed by atoms with Crippen LogP contribution in [0.4, 0.5) is 17.6 Å². The van der Waals surface area contributed by atoms with E-state index in [1.165, 1.54) is 17.4 Å². The molecule has 0 amide bonds. The fourth-order valence-corrected chi connectivity index (χ4v) is 2.50. The first kappa shape index (κ1) is 18.6. The predicted molar refractivity (Wildman–Crippen MR) is 84.6 cm³/mol. The summed E-state index contributed by atoms with van der Waals surface area (Å²) in [5, 5.41) is -0.327. The maximum Gasteiger partial charge on any atom is 0.431 e. The summed E-state index contributed by atoms with van der Waals surface area (Å²) in [6, 6.07) is 1.57. The molecule has 0 unspecified atom stereocenters. The van der Waals surface area contributed by atoms with E-state index in [0.717, 1.165) is 17.0 Å². The first-order valence-electron chi connectivity index (χ1n) is 7.05. The molecule has 3 aromatic rings. The molecule has 7 nitrogen and oxygen atoms in total. The van der Waals surface area contributed by atoms with Gasteiger partial charge in [0.1, 0.15) is 17.8 Å². The summed E-state index contributed by atoms with van der Waals surface area (Å²) in [5.41, 5.74) is -5.58. The van der Waals surface area contributed by atoms with E-state index in [1.54, 1.807) is 0 Å². The molecule has 0 atom stereocenters. The topological polar surface area (TPSA) is 89.8 Å². The Bertz CT molecular complexity index is 1120. The molecule has 1 aromatic carbocycles. The number of rotatable bonds is 2. The lowest BCUT2D eigenvalue weighted by Crippen LogP contribution is -2.36. The van der Waals surface area contributed by atoms with Gasteiger partial charge in [-0.05, 0) is 12.1 Å². The number of benzene rings is 1. The Labute approximate surface area is 151 Å². The average molecular weight is 403 g/mol. The highest BCUT2D eigenvalue weighted by Gasteiger charge is 2.33. The fraction of sp³-hybridized carbons (Fsp3) is 0.0667. The van der Waals surface area contributed by atoms with E-state index >= 15 is 0 Å². The zero-order valence-electron chi connectivity index (χ0n) is 12.9. The minimum atomic E-state index is -4.97. The molecule has 1 N–H and O–H groups in total. The molecule has 2 aromatic heterocycles. The predicted octanol–water partition coefficient (Wildman–Crippen LogP) is 2.22. The number of carbonyl (C=O) groups is 1. The van der Waals surface area contributed by atoms with Crippen LogP contribution in [0.2, 0.25) is 5.02 Å². The van der Waals surface area contributed by atoms with Gasteiger partial charge in [0.2, 0.25) is 0 Å². The van der Waals surface area contributed by atoms with Crippen LogP contribution >= 0.6 is 11.6 Å². The van der Waals surface area contributed by atoms with Crippen molar-refractivity contribution in [3.05, 3.63) is 79.9 Å².